The second-order valence-corrected chi connectivity index (χ2v) is 5.19. The third-order valence-electron chi connectivity index (χ3n) is 3.28. The van der Waals surface area contributed by atoms with Crippen molar-refractivity contribution < 1.29 is 38.1 Å². The van der Waals surface area contributed by atoms with E-state index in [2.05, 4.69) is 0 Å². The van der Waals surface area contributed by atoms with Gasteiger partial charge in [0.1, 0.15) is 6.61 Å². The smallest absolute Gasteiger partial charge is 0.306 e. The van der Waals surface area contributed by atoms with Crippen molar-refractivity contribution in [1.29, 1.82) is 0 Å². The first-order valence-electron chi connectivity index (χ1n) is 8.10. The minimum absolute atomic E-state index is 0.0446. The Morgan fingerprint density at radius 1 is 0.917 bits per heavy atom. The third-order valence-corrected chi connectivity index (χ3v) is 3.28. The molecule has 0 amide bonds. The fourth-order valence-electron chi connectivity index (χ4n) is 2.04. The SMILES string of the molecule is CCOCCOCCOC(=O)CCCC(=O)OC1C(=O)CCC1=O. The van der Waals surface area contributed by atoms with Crippen LogP contribution in [0.3, 0.4) is 0 Å². The molecule has 0 aromatic carbocycles. The lowest BCUT2D eigenvalue weighted by Crippen LogP contribution is -2.28. The Morgan fingerprint density at radius 3 is 2.17 bits per heavy atom. The summed E-state index contributed by atoms with van der Waals surface area (Å²) in [5.74, 6) is -1.82. The first-order valence-corrected chi connectivity index (χ1v) is 8.10. The molecular formula is C16H24O8. The molecule has 8 heteroatoms. The van der Waals surface area contributed by atoms with Crippen LogP contribution in [0.1, 0.15) is 39.0 Å². The number of ether oxygens (including phenoxy) is 4. The first-order chi connectivity index (χ1) is 11.5. The van der Waals surface area contributed by atoms with Gasteiger partial charge in [0.05, 0.1) is 19.8 Å². The van der Waals surface area contributed by atoms with Crippen molar-refractivity contribution in [2.45, 2.75) is 45.1 Å². The van der Waals surface area contributed by atoms with E-state index in [9.17, 15) is 19.2 Å². The zero-order valence-electron chi connectivity index (χ0n) is 13.9. The Kier molecular flexibility index (Phi) is 9.86. The Hall–Kier alpha value is -1.80. The van der Waals surface area contributed by atoms with Gasteiger partial charge in [-0.1, -0.05) is 0 Å². The van der Waals surface area contributed by atoms with E-state index in [0.717, 1.165) is 0 Å². The molecule has 0 heterocycles. The highest BCUT2D eigenvalue weighted by molar-refractivity contribution is 6.12. The second kappa shape index (κ2) is 11.7. The number of esters is 2. The quantitative estimate of drug-likeness (QED) is 0.288. The molecule has 0 aromatic rings. The van der Waals surface area contributed by atoms with E-state index in [1.54, 1.807) is 0 Å². The van der Waals surface area contributed by atoms with E-state index < -0.39 is 18.0 Å². The minimum atomic E-state index is -1.25. The molecule has 0 atom stereocenters. The van der Waals surface area contributed by atoms with Gasteiger partial charge in [0, 0.05) is 32.3 Å². The van der Waals surface area contributed by atoms with Gasteiger partial charge in [-0.15, -0.1) is 0 Å². The molecule has 0 unspecified atom stereocenters. The van der Waals surface area contributed by atoms with Crippen LogP contribution in [0.25, 0.3) is 0 Å². The molecule has 0 radical (unpaired) electrons. The number of hydrogen-bond acceptors (Lipinski definition) is 8. The number of carbonyl (C=O) groups excluding carboxylic acids is 4. The maximum Gasteiger partial charge on any atom is 0.306 e. The van der Waals surface area contributed by atoms with E-state index in [-0.39, 0.29) is 56.9 Å². The highest BCUT2D eigenvalue weighted by Crippen LogP contribution is 2.15. The van der Waals surface area contributed by atoms with Crippen LogP contribution in [0.2, 0.25) is 0 Å². The summed E-state index contributed by atoms with van der Waals surface area (Å²) in [6, 6.07) is 0. The van der Waals surface area contributed by atoms with Crippen LogP contribution in [0.4, 0.5) is 0 Å². The summed E-state index contributed by atoms with van der Waals surface area (Å²) in [5, 5.41) is 0. The maximum atomic E-state index is 11.5. The van der Waals surface area contributed by atoms with E-state index in [0.29, 0.717) is 19.8 Å². The lowest BCUT2D eigenvalue weighted by molar-refractivity contribution is -0.157. The van der Waals surface area contributed by atoms with E-state index >= 15 is 0 Å². The molecule has 1 aliphatic rings. The molecule has 1 rings (SSSR count). The van der Waals surface area contributed by atoms with Crippen LogP contribution < -0.4 is 0 Å². The van der Waals surface area contributed by atoms with Crippen molar-refractivity contribution >= 4 is 23.5 Å². The van der Waals surface area contributed by atoms with Crippen molar-refractivity contribution in [3.63, 3.8) is 0 Å². The van der Waals surface area contributed by atoms with Crippen molar-refractivity contribution in [3.8, 4) is 0 Å². The Balaban J connectivity index is 2.01. The van der Waals surface area contributed by atoms with Crippen LogP contribution in [0, 0.1) is 0 Å². The van der Waals surface area contributed by atoms with Gasteiger partial charge in [-0.05, 0) is 13.3 Å². The van der Waals surface area contributed by atoms with E-state index in [4.69, 9.17) is 18.9 Å². The average Bonchev–Trinajstić information content (AvgIpc) is 2.86. The van der Waals surface area contributed by atoms with Crippen molar-refractivity contribution in [2.75, 3.05) is 33.0 Å². The van der Waals surface area contributed by atoms with Crippen LogP contribution in [-0.2, 0) is 38.1 Å². The number of hydrogen-bond donors (Lipinski definition) is 0. The van der Waals surface area contributed by atoms with Gasteiger partial charge in [0.2, 0.25) is 6.10 Å². The van der Waals surface area contributed by atoms with Gasteiger partial charge in [0.25, 0.3) is 0 Å². The monoisotopic (exact) mass is 344 g/mol. The largest absolute Gasteiger partial charge is 0.463 e. The lowest BCUT2D eigenvalue weighted by Gasteiger charge is -2.09. The maximum absolute atomic E-state index is 11.5. The summed E-state index contributed by atoms with van der Waals surface area (Å²) >= 11 is 0. The van der Waals surface area contributed by atoms with E-state index in [1.165, 1.54) is 0 Å². The number of Topliss-reactive ketones (excluding diaryl/α,β-unsaturated/α-hetero) is 2. The van der Waals surface area contributed by atoms with Crippen LogP contribution in [0.15, 0.2) is 0 Å². The molecule has 0 aliphatic heterocycles. The van der Waals surface area contributed by atoms with Gasteiger partial charge in [-0.2, -0.15) is 0 Å². The van der Waals surface area contributed by atoms with E-state index in [1.807, 2.05) is 6.92 Å². The molecule has 0 saturated heterocycles. The van der Waals surface area contributed by atoms with Gasteiger partial charge in [0.15, 0.2) is 11.6 Å². The van der Waals surface area contributed by atoms with Crippen molar-refractivity contribution in [2.24, 2.45) is 0 Å². The molecule has 1 saturated carbocycles. The first kappa shape index (κ1) is 20.2. The van der Waals surface area contributed by atoms with Gasteiger partial charge >= 0.3 is 11.9 Å². The lowest BCUT2D eigenvalue weighted by atomic mass is 10.2. The Morgan fingerprint density at radius 2 is 1.50 bits per heavy atom. The van der Waals surface area contributed by atoms with Gasteiger partial charge < -0.3 is 18.9 Å². The Bertz CT molecular complexity index is 429. The molecule has 136 valence electrons. The highest BCUT2D eigenvalue weighted by atomic mass is 16.6. The Labute approximate surface area is 140 Å². The molecule has 1 fully saturated rings. The number of rotatable bonds is 12. The molecule has 0 spiro atoms. The summed E-state index contributed by atoms with van der Waals surface area (Å²) in [5.41, 5.74) is 0. The fraction of sp³-hybridized carbons (Fsp3) is 0.750. The second-order valence-electron chi connectivity index (χ2n) is 5.19. The number of carbonyl (C=O) groups is 4. The van der Waals surface area contributed by atoms with Crippen molar-refractivity contribution in [3.05, 3.63) is 0 Å². The molecule has 0 N–H and O–H groups in total. The summed E-state index contributed by atoms with van der Waals surface area (Å²) in [6.45, 7) is 3.88. The predicted octanol–water partition coefficient (Wildman–Crippen LogP) is 0.597. The van der Waals surface area contributed by atoms with Crippen LogP contribution in [-0.4, -0.2) is 62.6 Å². The third kappa shape index (κ3) is 8.16. The summed E-state index contributed by atoms with van der Waals surface area (Å²) < 4.78 is 20.0. The summed E-state index contributed by atoms with van der Waals surface area (Å²) in [6.07, 6.45) is -0.764. The number of ketones is 2. The topological polar surface area (TPSA) is 105 Å². The molecule has 24 heavy (non-hydrogen) atoms. The van der Waals surface area contributed by atoms with Crippen LogP contribution in [0.5, 0.6) is 0 Å². The fourth-order valence-corrected chi connectivity index (χ4v) is 2.04. The molecule has 1 aliphatic carbocycles. The molecule has 0 bridgehead atoms. The van der Waals surface area contributed by atoms with Gasteiger partial charge in [-0.25, -0.2) is 0 Å². The molecule has 8 nitrogen and oxygen atoms in total. The summed E-state index contributed by atoms with van der Waals surface area (Å²) in [4.78, 5) is 45.7. The average molecular weight is 344 g/mol. The highest BCUT2D eigenvalue weighted by Gasteiger charge is 2.35. The zero-order chi connectivity index (χ0) is 17.8. The van der Waals surface area contributed by atoms with Gasteiger partial charge in [-0.3, -0.25) is 19.2 Å². The zero-order valence-corrected chi connectivity index (χ0v) is 13.9. The van der Waals surface area contributed by atoms with Crippen molar-refractivity contribution in [1.82, 2.24) is 0 Å². The normalized spacial score (nSPS) is 14.9. The van der Waals surface area contributed by atoms with Crippen LogP contribution >= 0.6 is 0 Å². The molecule has 0 aromatic heterocycles. The molecular weight excluding hydrogens is 320 g/mol. The summed E-state index contributed by atoms with van der Waals surface area (Å²) in [7, 11) is 0. The standard InChI is InChI=1S/C16H24O8/c1-2-21-8-9-22-10-11-23-14(19)4-3-5-15(20)24-16-12(17)6-7-13(16)18/h16H,2-11H2,1H3. The predicted molar refractivity (Wildman–Crippen MR) is 81.3 cm³/mol. The minimum Gasteiger partial charge on any atom is -0.463 e.